The molecule has 20 heavy (non-hydrogen) atoms. The first kappa shape index (κ1) is 14.5. The lowest BCUT2D eigenvalue weighted by Crippen LogP contribution is -2.34. The predicted octanol–water partition coefficient (Wildman–Crippen LogP) is 2.27. The van der Waals surface area contributed by atoms with Crippen molar-refractivity contribution in [3.63, 3.8) is 0 Å². The summed E-state index contributed by atoms with van der Waals surface area (Å²) >= 11 is 0. The van der Waals surface area contributed by atoms with Crippen LogP contribution in [0.5, 0.6) is 0 Å². The minimum atomic E-state index is 0.104. The van der Waals surface area contributed by atoms with Gasteiger partial charge in [0, 0.05) is 24.5 Å². The molecule has 0 saturated carbocycles. The summed E-state index contributed by atoms with van der Waals surface area (Å²) in [5.41, 5.74) is 0.914. The fourth-order valence-corrected chi connectivity index (χ4v) is 2.23. The first-order valence-electron chi connectivity index (χ1n) is 7.05. The summed E-state index contributed by atoms with van der Waals surface area (Å²) in [6, 6.07) is 8.22. The third-order valence-corrected chi connectivity index (χ3v) is 3.15. The van der Waals surface area contributed by atoms with E-state index in [-0.39, 0.29) is 12.6 Å². The van der Waals surface area contributed by atoms with E-state index in [1.54, 1.807) is 0 Å². The van der Waals surface area contributed by atoms with E-state index in [4.69, 9.17) is 0 Å². The lowest BCUT2D eigenvalue weighted by molar-refractivity contribution is 0.299. The zero-order chi connectivity index (χ0) is 14.5. The maximum atomic E-state index is 9.29. The van der Waals surface area contributed by atoms with Crippen molar-refractivity contribution in [2.24, 2.45) is 0 Å². The molecule has 2 rings (SSSR count). The molecule has 5 nitrogen and oxygen atoms in total. The number of fused-ring (bicyclic) bond motifs is 1. The van der Waals surface area contributed by atoms with Gasteiger partial charge in [-0.25, -0.2) is 4.98 Å². The summed E-state index contributed by atoms with van der Waals surface area (Å²) in [6.45, 7) is 7.65. The second kappa shape index (κ2) is 6.52. The highest BCUT2D eigenvalue weighted by Gasteiger charge is 2.16. The number of aliphatic hydroxyl groups is 1. The third kappa shape index (κ3) is 2.99. The molecule has 0 bridgehead atoms. The van der Waals surface area contributed by atoms with Gasteiger partial charge in [0.15, 0.2) is 0 Å². The number of rotatable bonds is 6. The summed E-state index contributed by atoms with van der Waals surface area (Å²) in [4.78, 5) is 11.2. The van der Waals surface area contributed by atoms with Crippen molar-refractivity contribution < 1.29 is 5.11 Å². The van der Waals surface area contributed by atoms with Crippen molar-refractivity contribution in [1.29, 1.82) is 0 Å². The number of hydrogen-bond donors (Lipinski definition) is 2. The normalized spacial score (nSPS) is 11.1. The number of nitrogens with zero attached hydrogens (tertiary/aromatic N) is 3. The van der Waals surface area contributed by atoms with E-state index in [1.807, 2.05) is 31.2 Å². The Morgan fingerprint density at radius 3 is 2.65 bits per heavy atom. The van der Waals surface area contributed by atoms with E-state index in [2.05, 4.69) is 34.0 Å². The highest BCUT2D eigenvalue weighted by molar-refractivity contribution is 5.90. The quantitative estimate of drug-likeness (QED) is 0.846. The van der Waals surface area contributed by atoms with Gasteiger partial charge in [0.05, 0.1) is 12.1 Å². The zero-order valence-corrected chi connectivity index (χ0v) is 12.3. The van der Waals surface area contributed by atoms with Gasteiger partial charge in [0.2, 0.25) is 5.95 Å². The Labute approximate surface area is 119 Å². The molecule has 0 saturated heterocycles. The number of benzene rings is 1. The largest absolute Gasteiger partial charge is 0.395 e. The number of nitrogens with one attached hydrogen (secondary N) is 1. The highest BCUT2D eigenvalue weighted by atomic mass is 16.3. The predicted molar refractivity (Wildman–Crippen MR) is 83.3 cm³/mol. The Hall–Kier alpha value is -1.88. The Kier molecular flexibility index (Phi) is 4.74. The summed E-state index contributed by atoms with van der Waals surface area (Å²) < 4.78 is 0. The van der Waals surface area contributed by atoms with E-state index < -0.39 is 0 Å². The Balaban J connectivity index is 2.58. The molecule has 0 unspecified atom stereocenters. The highest BCUT2D eigenvalue weighted by Crippen LogP contribution is 2.26. The molecule has 0 amide bonds. The van der Waals surface area contributed by atoms with Gasteiger partial charge in [-0.15, -0.1) is 0 Å². The first-order valence-corrected chi connectivity index (χ1v) is 7.05. The van der Waals surface area contributed by atoms with E-state index in [9.17, 15) is 5.11 Å². The van der Waals surface area contributed by atoms with E-state index >= 15 is 0 Å². The van der Waals surface area contributed by atoms with Crippen LogP contribution in [0.1, 0.15) is 20.8 Å². The molecule has 0 aliphatic heterocycles. The maximum Gasteiger partial charge on any atom is 0.225 e. The van der Waals surface area contributed by atoms with Crippen molar-refractivity contribution in [3.05, 3.63) is 24.3 Å². The van der Waals surface area contributed by atoms with Gasteiger partial charge >= 0.3 is 0 Å². The van der Waals surface area contributed by atoms with E-state index in [1.165, 1.54) is 0 Å². The van der Waals surface area contributed by atoms with Crippen LogP contribution >= 0.6 is 0 Å². The molecule has 1 aromatic carbocycles. The van der Waals surface area contributed by atoms with Crippen molar-refractivity contribution >= 4 is 22.7 Å². The molecule has 0 aliphatic carbocycles. The van der Waals surface area contributed by atoms with Crippen LogP contribution in [0.15, 0.2) is 24.3 Å². The van der Waals surface area contributed by atoms with Crippen LogP contribution in [0.2, 0.25) is 0 Å². The van der Waals surface area contributed by atoms with Crippen LogP contribution in [0.4, 0.5) is 11.8 Å². The molecule has 5 heteroatoms. The molecule has 1 aromatic heterocycles. The van der Waals surface area contributed by atoms with Gasteiger partial charge in [-0.3, -0.25) is 0 Å². The van der Waals surface area contributed by atoms with Gasteiger partial charge in [-0.05, 0) is 32.9 Å². The number of aromatic nitrogens is 2. The molecule has 1 heterocycles. The van der Waals surface area contributed by atoms with Crippen LogP contribution < -0.4 is 10.2 Å². The van der Waals surface area contributed by atoms with Gasteiger partial charge < -0.3 is 15.3 Å². The van der Waals surface area contributed by atoms with Crippen molar-refractivity contribution in [3.8, 4) is 0 Å². The molecule has 2 aromatic rings. The Bertz CT molecular complexity index is 571. The van der Waals surface area contributed by atoms with Crippen LogP contribution in [-0.4, -0.2) is 40.8 Å². The van der Waals surface area contributed by atoms with E-state index in [0.29, 0.717) is 12.5 Å². The molecular formula is C15H22N4O. The van der Waals surface area contributed by atoms with Crippen LogP contribution in [0, 0.1) is 0 Å². The monoisotopic (exact) mass is 274 g/mol. The van der Waals surface area contributed by atoms with Crippen LogP contribution in [0.3, 0.4) is 0 Å². The Morgan fingerprint density at radius 2 is 2.00 bits per heavy atom. The summed E-state index contributed by atoms with van der Waals surface area (Å²) in [5, 5.41) is 13.5. The zero-order valence-electron chi connectivity index (χ0n) is 12.3. The minimum absolute atomic E-state index is 0.104. The first-order chi connectivity index (χ1) is 9.67. The molecule has 108 valence electrons. The fraction of sp³-hybridized carbons (Fsp3) is 0.467. The number of anilines is 2. The van der Waals surface area contributed by atoms with Gasteiger partial charge in [-0.1, -0.05) is 12.1 Å². The molecule has 0 radical (unpaired) electrons. The van der Waals surface area contributed by atoms with Crippen LogP contribution in [0.25, 0.3) is 10.9 Å². The second-order valence-corrected chi connectivity index (χ2v) is 4.93. The summed E-state index contributed by atoms with van der Waals surface area (Å²) in [7, 11) is 0. The maximum absolute atomic E-state index is 9.29. The van der Waals surface area contributed by atoms with Crippen molar-refractivity contribution in [1.82, 2.24) is 9.97 Å². The summed E-state index contributed by atoms with van der Waals surface area (Å²) in [6.07, 6.45) is 0. The van der Waals surface area contributed by atoms with E-state index in [0.717, 1.165) is 23.3 Å². The lowest BCUT2D eigenvalue weighted by atomic mass is 10.2. The minimum Gasteiger partial charge on any atom is -0.395 e. The SMILES string of the molecule is CCNc1nc(N(CCO)C(C)C)c2ccccc2n1. The number of hydrogen-bond acceptors (Lipinski definition) is 5. The summed E-state index contributed by atoms with van der Waals surface area (Å²) in [5.74, 6) is 1.50. The number of aliphatic hydroxyl groups excluding tert-OH is 1. The van der Waals surface area contributed by atoms with Gasteiger partial charge in [0.25, 0.3) is 0 Å². The molecule has 2 N–H and O–H groups in total. The number of para-hydroxylation sites is 1. The van der Waals surface area contributed by atoms with Crippen molar-refractivity contribution in [2.45, 2.75) is 26.8 Å². The fourth-order valence-electron chi connectivity index (χ4n) is 2.23. The third-order valence-electron chi connectivity index (χ3n) is 3.15. The molecule has 0 aliphatic rings. The van der Waals surface area contributed by atoms with Crippen molar-refractivity contribution in [2.75, 3.05) is 29.9 Å². The average molecular weight is 274 g/mol. The smallest absolute Gasteiger partial charge is 0.225 e. The Morgan fingerprint density at radius 1 is 1.25 bits per heavy atom. The average Bonchev–Trinajstić information content (AvgIpc) is 2.44. The topological polar surface area (TPSA) is 61.3 Å². The molecule has 0 fully saturated rings. The van der Waals surface area contributed by atoms with Gasteiger partial charge in [0.1, 0.15) is 5.82 Å². The second-order valence-electron chi connectivity index (χ2n) is 4.93. The molecular weight excluding hydrogens is 252 g/mol. The molecule has 0 spiro atoms. The standard InChI is InChI=1S/C15H22N4O/c1-4-16-15-17-13-8-6-5-7-12(13)14(18-15)19(9-10-20)11(2)3/h5-8,11,20H,4,9-10H2,1-3H3,(H,16,17,18). The lowest BCUT2D eigenvalue weighted by Gasteiger charge is -2.28. The molecule has 0 atom stereocenters. The van der Waals surface area contributed by atoms with Gasteiger partial charge in [-0.2, -0.15) is 4.98 Å². The van der Waals surface area contributed by atoms with Crippen LogP contribution in [-0.2, 0) is 0 Å².